The molecule has 1 fully saturated rings. The van der Waals surface area contributed by atoms with Crippen molar-refractivity contribution in [2.75, 3.05) is 13.1 Å². The van der Waals surface area contributed by atoms with Crippen molar-refractivity contribution in [3.63, 3.8) is 0 Å². The van der Waals surface area contributed by atoms with Gasteiger partial charge in [0.1, 0.15) is 0 Å². The molecule has 1 aliphatic heterocycles. The lowest BCUT2D eigenvalue weighted by Crippen LogP contribution is -2.42. The van der Waals surface area contributed by atoms with Crippen LogP contribution in [-0.2, 0) is 4.74 Å². The second kappa shape index (κ2) is 5.61. The van der Waals surface area contributed by atoms with Crippen molar-refractivity contribution in [3.8, 4) is 0 Å². The van der Waals surface area contributed by atoms with E-state index in [4.69, 9.17) is 4.74 Å². The van der Waals surface area contributed by atoms with E-state index in [0.717, 1.165) is 19.0 Å². The van der Waals surface area contributed by atoms with Gasteiger partial charge in [0.05, 0.1) is 12.2 Å². The number of nitrogens with one attached hydrogen (secondary N) is 1. The van der Waals surface area contributed by atoms with E-state index in [1.807, 2.05) is 0 Å². The molecule has 0 aromatic rings. The van der Waals surface area contributed by atoms with Crippen LogP contribution in [-0.4, -0.2) is 25.3 Å². The summed E-state index contributed by atoms with van der Waals surface area (Å²) in [6.07, 6.45) is 4.52. The Kier molecular flexibility index (Phi) is 4.74. The summed E-state index contributed by atoms with van der Waals surface area (Å²) >= 11 is 0. The largest absolute Gasteiger partial charge is 0.374 e. The van der Waals surface area contributed by atoms with Gasteiger partial charge in [-0.05, 0) is 32.2 Å². The first kappa shape index (κ1) is 11.0. The quantitative estimate of drug-likeness (QED) is 0.725. The first-order chi connectivity index (χ1) is 6.24. The molecule has 1 heterocycles. The normalized spacial score (nSPS) is 31.6. The van der Waals surface area contributed by atoms with Gasteiger partial charge in [0.25, 0.3) is 0 Å². The van der Waals surface area contributed by atoms with Gasteiger partial charge in [0, 0.05) is 6.54 Å². The standard InChI is InChI=1S/C11H23NO/c1-4-5-10(3)13-11-8-12-7-6-9(11)2/h9-12H,4-8H2,1-3H3. The SMILES string of the molecule is CCCC(C)OC1CNCCC1C. The van der Waals surface area contributed by atoms with E-state index < -0.39 is 0 Å². The number of ether oxygens (including phenoxy) is 1. The molecule has 1 saturated heterocycles. The first-order valence-corrected chi connectivity index (χ1v) is 5.60. The highest BCUT2D eigenvalue weighted by Crippen LogP contribution is 2.17. The second-order valence-electron chi connectivity index (χ2n) is 4.24. The summed E-state index contributed by atoms with van der Waals surface area (Å²) in [6.45, 7) is 8.88. The van der Waals surface area contributed by atoms with Gasteiger partial charge in [-0.3, -0.25) is 0 Å². The maximum atomic E-state index is 5.98. The van der Waals surface area contributed by atoms with Crippen molar-refractivity contribution in [2.24, 2.45) is 5.92 Å². The Bertz CT molecular complexity index is 138. The highest BCUT2D eigenvalue weighted by atomic mass is 16.5. The second-order valence-corrected chi connectivity index (χ2v) is 4.24. The topological polar surface area (TPSA) is 21.3 Å². The minimum absolute atomic E-state index is 0.428. The van der Waals surface area contributed by atoms with E-state index in [1.165, 1.54) is 19.3 Å². The van der Waals surface area contributed by atoms with Gasteiger partial charge in [-0.25, -0.2) is 0 Å². The van der Waals surface area contributed by atoms with E-state index in [-0.39, 0.29) is 0 Å². The highest BCUT2D eigenvalue weighted by Gasteiger charge is 2.22. The molecule has 0 amide bonds. The molecule has 0 aromatic carbocycles. The molecule has 0 spiro atoms. The lowest BCUT2D eigenvalue weighted by atomic mass is 9.97. The first-order valence-electron chi connectivity index (χ1n) is 5.60. The molecule has 3 atom stereocenters. The van der Waals surface area contributed by atoms with Crippen molar-refractivity contribution in [2.45, 2.75) is 52.2 Å². The van der Waals surface area contributed by atoms with Gasteiger partial charge in [-0.2, -0.15) is 0 Å². The van der Waals surface area contributed by atoms with Crippen LogP contribution in [0.1, 0.15) is 40.0 Å². The molecule has 0 radical (unpaired) electrons. The van der Waals surface area contributed by atoms with Crippen LogP contribution in [0.3, 0.4) is 0 Å². The molecule has 0 aliphatic carbocycles. The molecule has 2 nitrogen and oxygen atoms in total. The molecule has 0 aromatic heterocycles. The van der Waals surface area contributed by atoms with Gasteiger partial charge in [-0.15, -0.1) is 0 Å². The predicted molar refractivity (Wildman–Crippen MR) is 55.9 cm³/mol. The monoisotopic (exact) mass is 185 g/mol. The molecule has 78 valence electrons. The third-order valence-electron chi connectivity index (χ3n) is 2.86. The fourth-order valence-corrected chi connectivity index (χ4v) is 1.92. The van der Waals surface area contributed by atoms with Crippen molar-refractivity contribution >= 4 is 0 Å². The number of piperidine rings is 1. The summed E-state index contributed by atoms with van der Waals surface area (Å²) in [5.41, 5.74) is 0. The van der Waals surface area contributed by atoms with E-state index >= 15 is 0 Å². The summed E-state index contributed by atoms with van der Waals surface area (Å²) in [5, 5.41) is 3.39. The molecule has 13 heavy (non-hydrogen) atoms. The van der Waals surface area contributed by atoms with E-state index in [2.05, 4.69) is 26.1 Å². The van der Waals surface area contributed by atoms with Crippen LogP contribution >= 0.6 is 0 Å². The molecule has 0 bridgehead atoms. The minimum Gasteiger partial charge on any atom is -0.374 e. The maximum Gasteiger partial charge on any atom is 0.0728 e. The average molecular weight is 185 g/mol. The number of rotatable bonds is 4. The summed E-state index contributed by atoms with van der Waals surface area (Å²) < 4.78 is 5.98. The van der Waals surface area contributed by atoms with Crippen LogP contribution in [0.25, 0.3) is 0 Å². The van der Waals surface area contributed by atoms with Crippen LogP contribution in [0.15, 0.2) is 0 Å². The van der Waals surface area contributed by atoms with Gasteiger partial charge >= 0.3 is 0 Å². The van der Waals surface area contributed by atoms with Crippen LogP contribution in [0, 0.1) is 5.92 Å². The maximum absolute atomic E-state index is 5.98. The lowest BCUT2D eigenvalue weighted by molar-refractivity contribution is -0.0431. The smallest absolute Gasteiger partial charge is 0.0728 e. The number of hydrogen-bond acceptors (Lipinski definition) is 2. The molecular formula is C11H23NO. The third-order valence-corrected chi connectivity index (χ3v) is 2.86. The van der Waals surface area contributed by atoms with E-state index in [9.17, 15) is 0 Å². The molecule has 2 heteroatoms. The zero-order chi connectivity index (χ0) is 9.68. The van der Waals surface area contributed by atoms with Gasteiger partial charge in [-0.1, -0.05) is 20.3 Å². The Balaban J connectivity index is 2.25. The zero-order valence-electron chi connectivity index (χ0n) is 9.18. The van der Waals surface area contributed by atoms with E-state index in [1.54, 1.807) is 0 Å². The van der Waals surface area contributed by atoms with Crippen LogP contribution in [0.5, 0.6) is 0 Å². The lowest BCUT2D eigenvalue weighted by Gasteiger charge is -2.31. The fraction of sp³-hybridized carbons (Fsp3) is 1.00. The zero-order valence-corrected chi connectivity index (χ0v) is 9.18. The van der Waals surface area contributed by atoms with Crippen molar-refractivity contribution < 1.29 is 4.74 Å². The summed E-state index contributed by atoms with van der Waals surface area (Å²) in [4.78, 5) is 0. The molecule has 3 unspecified atom stereocenters. The summed E-state index contributed by atoms with van der Waals surface area (Å²) in [6, 6.07) is 0. The molecule has 1 N–H and O–H groups in total. The molecule has 0 saturated carbocycles. The molecular weight excluding hydrogens is 162 g/mol. The van der Waals surface area contributed by atoms with Crippen molar-refractivity contribution in [1.29, 1.82) is 0 Å². The predicted octanol–water partition coefficient (Wildman–Crippen LogP) is 2.19. The number of hydrogen-bond donors (Lipinski definition) is 1. The van der Waals surface area contributed by atoms with Gasteiger partial charge in [0.2, 0.25) is 0 Å². The Morgan fingerprint density at radius 3 is 2.92 bits per heavy atom. The third kappa shape index (κ3) is 3.65. The Morgan fingerprint density at radius 2 is 2.31 bits per heavy atom. The minimum atomic E-state index is 0.428. The highest BCUT2D eigenvalue weighted by molar-refractivity contribution is 4.76. The summed E-state index contributed by atoms with van der Waals surface area (Å²) in [5.74, 6) is 0.723. The van der Waals surface area contributed by atoms with Crippen molar-refractivity contribution in [3.05, 3.63) is 0 Å². The van der Waals surface area contributed by atoms with Crippen LogP contribution in [0.4, 0.5) is 0 Å². The van der Waals surface area contributed by atoms with Crippen molar-refractivity contribution in [1.82, 2.24) is 5.32 Å². The van der Waals surface area contributed by atoms with Gasteiger partial charge < -0.3 is 10.1 Å². The molecule has 1 aliphatic rings. The Morgan fingerprint density at radius 1 is 1.54 bits per heavy atom. The average Bonchev–Trinajstić information content (AvgIpc) is 2.09. The summed E-state index contributed by atoms with van der Waals surface area (Å²) in [7, 11) is 0. The Labute approximate surface area is 82.0 Å². The molecule has 1 rings (SSSR count). The van der Waals surface area contributed by atoms with E-state index in [0.29, 0.717) is 12.2 Å². The van der Waals surface area contributed by atoms with Crippen LogP contribution in [0.2, 0.25) is 0 Å². The fourth-order valence-electron chi connectivity index (χ4n) is 1.92. The van der Waals surface area contributed by atoms with Crippen LogP contribution < -0.4 is 5.32 Å². The Hall–Kier alpha value is -0.0800. The van der Waals surface area contributed by atoms with Gasteiger partial charge in [0.15, 0.2) is 0 Å².